The maximum Gasteiger partial charge on any atom is 0.238 e. The lowest BCUT2D eigenvalue weighted by Gasteiger charge is -2.34. The van der Waals surface area contributed by atoms with Gasteiger partial charge in [0.25, 0.3) is 0 Å². The van der Waals surface area contributed by atoms with E-state index in [1.165, 1.54) is 52.6 Å². The van der Waals surface area contributed by atoms with Crippen molar-refractivity contribution in [3.63, 3.8) is 0 Å². The lowest BCUT2D eigenvalue weighted by Crippen LogP contribution is -2.74. The number of hydrogen-bond acceptors (Lipinski definition) is 4. The predicted octanol–water partition coefficient (Wildman–Crippen LogP) is 14.6. The summed E-state index contributed by atoms with van der Waals surface area (Å²) in [6, 6.07) is 113. The molecule has 0 saturated carbocycles. The average molecular weight is 1220 g/mol. The van der Waals surface area contributed by atoms with E-state index in [4.69, 9.17) is 15.0 Å². The molecule has 12 aromatic carbocycles. The van der Waals surface area contributed by atoms with Crippen molar-refractivity contribution in [3.05, 3.63) is 320 Å². The fraction of sp³-hybridized carbons (Fsp3) is 0.0952. The van der Waals surface area contributed by atoms with Crippen LogP contribution in [-0.4, -0.2) is 40.2 Å². The summed E-state index contributed by atoms with van der Waals surface area (Å²) in [6.45, 7) is 13.9. The number of rotatable bonds is 12. The van der Waals surface area contributed by atoms with Crippen LogP contribution in [0.15, 0.2) is 303 Å². The second-order valence-electron chi connectivity index (χ2n) is 26.3. The summed E-state index contributed by atoms with van der Waals surface area (Å²) in [5.74, 6) is 1.67. The molecule has 0 aliphatic carbocycles. The van der Waals surface area contributed by atoms with E-state index in [0.29, 0.717) is 23.2 Å². The Hall–Kier alpha value is -10.8. The van der Waals surface area contributed by atoms with E-state index in [0.717, 1.165) is 60.4 Å². The molecule has 0 aliphatic heterocycles. The molecule has 15 rings (SSSR count). The molecular weight excluding hydrogens is 1150 g/mol. The lowest BCUT2D eigenvalue weighted by molar-refractivity contribution is 0.572. The van der Waals surface area contributed by atoms with Crippen LogP contribution in [0.4, 0.5) is 0 Å². The van der Waals surface area contributed by atoms with Crippen LogP contribution in [0.5, 0.6) is 0 Å². The van der Waals surface area contributed by atoms with Gasteiger partial charge in [-0.1, -0.05) is 296 Å². The Bertz CT molecular complexity index is 4910. The number of nitriles is 1. The first-order valence-corrected chi connectivity index (χ1v) is 35.7. The third kappa shape index (κ3) is 9.63. The summed E-state index contributed by atoms with van der Waals surface area (Å²) in [4.78, 5) is 17.4. The lowest BCUT2D eigenvalue weighted by atomic mass is 9.79. The van der Waals surface area contributed by atoms with Crippen molar-refractivity contribution in [2.45, 2.75) is 52.4 Å². The highest BCUT2D eigenvalue weighted by Gasteiger charge is 2.43. The molecule has 3 heterocycles. The Morgan fingerprint density at radius 2 is 0.728 bits per heavy atom. The van der Waals surface area contributed by atoms with Crippen molar-refractivity contribution in [2.75, 3.05) is 0 Å². The summed E-state index contributed by atoms with van der Waals surface area (Å²) in [6.07, 6.45) is 0. The summed E-state index contributed by atoms with van der Waals surface area (Å²) in [5, 5.41) is 24.6. The molecule has 442 valence electrons. The van der Waals surface area contributed by atoms with Crippen LogP contribution >= 0.6 is 0 Å². The van der Waals surface area contributed by atoms with Crippen LogP contribution < -0.4 is 41.5 Å². The van der Waals surface area contributed by atoms with Crippen molar-refractivity contribution in [1.82, 2.24) is 24.1 Å². The second kappa shape index (κ2) is 22.9. The smallest absolute Gasteiger partial charge is 0.238 e. The van der Waals surface area contributed by atoms with Crippen molar-refractivity contribution in [3.8, 4) is 40.5 Å². The maximum atomic E-state index is 10.1. The summed E-state index contributed by atoms with van der Waals surface area (Å²) < 4.78 is 4.68. The van der Waals surface area contributed by atoms with E-state index < -0.39 is 16.1 Å². The molecule has 0 N–H and O–H groups in total. The number of para-hydroxylation sites is 1. The zero-order chi connectivity index (χ0) is 62.8. The fourth-order valence-corrected chi connectivity index (χ4v) is 24.0. The Labute approximate surface area is 540 Å². The molecule has 6 nitrogen and oxygen atoms in total. The molecule has 0 atom stereocenters. The van der Waals surface area contributed by atoms with Gasteiger partial charge in [0.1, 0.15) is 0 Å². The van der Waals surface area contributed by atoms with E-state index in [9.17, 15) is 5.26 Å². The van der Waals surface area contributed by atoms with Gasteiger partial charge in [-0.3, -0.25) is 4.57 Å². The average Bonchev–Trinajstić information content (AvgIpc) is 1.41. The monoisotopic (exact) mass is 1220 g/mol. The standard InChI is InChI=1S/C84H68N6Si2/c1-83(2,3)61-54-74-73-56-62(89-76-46-26-25-45-71(76)72-51-58(57-85)47-49-77(72)89)48-50-78(73)90(79(74)75(55-61)84(4,5)6)82-87-80(59-29-27-43-69(52-59)91(63-31-13-7-14-32-63,64-33-15-8-16-34-64)65-35-17-9-18-36-65)86-81(88-82)60-30-28-44-70(53-60)92(66-37-19-10-20-38-66,67-39-21-11-22-40-67)68-41-23-12-24-42-68/h7-56H,1-6H3. The first-order valence-electron chi connectivity index (χ1n) is 31.7. The van der Waals surface area contributed by atoms with Gasteiger partial charge >= 0.3 is 0 Å². The van der Waals surface area contributed by atoms with E-state index in [1.807, 2.05) is 12.1 Å². The first-order chi connectivity index (χ1) is 44.8. The Morgan fingerprint density at radius 3 is 1.17 bits per heavy atom. The van der Waals surface area contributed by atoms with Crippen molar-refractivity contribution in [1.29, 1.82) is 5.26 Å². The van der Waals surface area contributed by atoms with Crippen LogP contribution in [0.3, 0.4) is 0 Å². The third-order valence-corrected chi connectivity index (χ3v) is 28.3. The molecule has 0 spiro atoms. The topological polar surface area (TPSA) is 72.3 Å². The highest BCUT2D eigenvalue weighted by Crippen LogP contribution is 2.43. The molecule has 0 fully saturated rings. The molecule has 8 heteroatoms. The van der Waals surface area contributed by atoms with Crippen LogP contribution in [0.1, 0.15) is 58.2 Å². The van der Waals surface area contributed by atoms with Crippen molar-refractivity contribution < 1.29 is 0 Å². The number of nitrogens with zero attached hydrogens (tertiary/aromatic N) is 6. The van der Waals surface area contributed by atoms with Gasteiger partial charge in [-0.2, -0.15) is 15.2 Å². The second-order valence-corrected chi connectivity index (χ2v) is 33.9. The molecular formula is C84H68N6Si2. The molecule has 0 aliphatic rings. The first kappa shape index (κ1) is 57.6. The number of aromatic nitrogens is 5. The number of benzene rings is 12. The van der Waals surface area contributed by atoms with E-state index >= 15 is 0 Å². The summed E-state index contributed by atoms with van der Waals surface area (Å²) in [5.41, 5.74) is 9.52. The molecule has 15 aromatic rings. The Morgan fingerprint density at radius 1 is 0.326 bits per heavy atom. The predicted molar refractivity (Wildman–Crippen MR) is 389 cm³/mol. The zero-order valence-corrected chi connectivity index (χ0v) is 54.6. The summed E-state index contributed by atoms with van der Waals surface area (Å²) >= 11 is 0. The van der Waals surface area contributed by atoms with Crippen LogP contribution in [0.2, 0.25) is 0 Å². The molecule has 0 radical (unpaired) electrons. The Kier molecular flexibility index (Phi) is 14.3. The summed E-state index contributed by atoms with van der Waals surface area (Å²) in [7, 11) is -6.02. The fourth-order valence-electron chi connectivity index (χ4n) is 14.4. The van der Waals surface area contributed by atoms with Crippen molar-refractivity contribution in [2.24, 2.45) is 0 Å². The minimum absolute atomic E-state index is 0.176. The van der Waals surface area contributed by atoms with Crippen molar-refractivity contribution >= 4 is 101 Å². The van der Waals surface area contributed by atoms with Gasteiger partial charge in [-0.05, 0) is 112 Å². The normalized spacial score (nSPS) is 12.2. The largest absolute Gasteiger partial charge is 0.309 e. The van der Waals surface area contributed by atoms with Crippen LogP contribution in [0, 0.1) is 11.3 Å². The van der Waals surface area contributed by atoms with E-state index in [2.05, 4.69) is 348 Å². The van der Waals surface area contributed by atoms with Gasteiger partial charge < -0.3 is 4.57 Å². The molecule has 0 unspecified atom stereocenters. The van der Waals surface area contributed by atoms with E-state index in [-0.39, 0.29) is 10.8 Å². The van der Waals surface area contributed by atoms with Gasteiger partial charge in [0.05, 0.1) is 33.7 Å². The van der Waals surface area contributed by atoms with Gasteiger partial charge in [0, 0.05) is 38.4 Å². The highest BCUT2D eigenvalue weighted by molar-refractivity contribution is 7.20. The Balaban J connectivity index is 1.04. The van der Waals surface area contributed by atoms with Gasteiger partial charge in [0.15, 0.2) is 27.8 Å². The zero-order valence-electron chi connectivity index (χ0n) is 52.6. The van der Waals surface area contributed by atoms with Gasteiger partial charge in [0.2, 0.25) is 5.95 Å². The van der Waals surface area contributed by atoms with Crippen LogP contribution in [0.25, 0.3) is 78.0 Å². The number of fused-ring (bicyclic) bond motifs is 6. The molecule has 92 heavy (non-hydrogen) atoms. The minimum Gasteiger partial charge on any atom is -0.309 e. The molecule has 3 aromatic heterocycles. The molecule has 0 saturated heterocycles. The quantitative estimate of drug-likeness (QED) is 0.0903. The SMILES string of the molecule is CC(C)(C)c1cc(C(C)(C)C)c2c(c1)c1cc(-n3c4ccccc4c4cc(C#N)ccc43)ccc1n2-c1nc(-c2cccc([Si](c3ccccc3)(c3ccccc3)c3ccccc3)c2)nc(-c2cccc([Si](c3ccccc3)(c3ccccc3)c3ccccc3)c2)n1. The minimum atomic E-state index is -3.01. The maximum absolute atomic E-state index is 10.1. The van der Waals surface area contributed by atoms with Gasteiger partial charge in [-0.15, -0.1) is 0 Å². The van der Waals surface area contributed by atoms with Crippen LogP contribution in [-0.2, 0) is 10.8 Å². The highest BCUT2D eigenvalue weighted by atomic mass is 28.3. The molecule has 0 bridgehead atoms. The van der Waals surface area contributed by atoms with Gasteiger partial charge in [-0.25, -0.2) is 4.98 Å². The number of hydrogen-bond donors (Lipinski definition) is 0. The molecule has 0 amide bonds. The third-order valence-electron chi connectivity index (χ3n) is 18.8. The van der Waals surface area contributed by atoms with E-state index in [1.54, 1.807) is 0 Å².